The van der Waals surface area contributed by atoms with Gasteiger partial charge in [0.1, 0.15) is 0 Å². The van der Waals surface area contributed by atoms with Crippen molar-refractivity contribution in [3.63, 3.8) is 0 Å². The molecule has 0 unspecified atom stereocenters. The molecule has 0 atom stereocenters. The molecule has 0 saturated heterocycles. The molecule has 1 aromatic heterocycles. The van der Waals surface area contributed by atoms with E-state index in [2.05, 4.69) is 107 Å². The minimum absolute atomic E-state index is 0.230. The largest absolute Gasteiger partial charge is 0.226 e. The highest BCUT2D eigenvalue weighted by atomic mass is 35.5. The van der Waals surface area contributed by atoms with Crippen LogP contribution >= 0.6 is 27.4 Å². The Hall–Kier alpha value is -2.96. The molecule has 0 saturated carbocycles. The zero-order chi connectivity index (χ0) is 22.5. The molecule has 3 nitrogen and oxygen atoms in total. The zero-order valence-corrected chi connectivity index (χ0v) is 20.2. The lowest BCUT2D eigenvalue weighted by atomic mass is 10.4. The second-order valence-corrected chi connectivity index (χ2v) is 11.8. The normalized spacial score (nSPS) is 11.1. The molecule has 0 bridgehead atoms. The van der Waals surface area contributed by atoms with Gasteiger partial charge in [0.05, 0.1) is 0 Å². The third kappa shape index (κ3) is 5.02. The molecule has 0 aliphatic rings. The molecule has 5 aromatic rings. The molecule has 0 spiro atoms. The Morgan fingerprint density at radius 3 is 0.939 bits per heavy atom. The lowest BCUT2D eigenvalue weighted by Crippen LogP contribution is -2.34. The van der Waals surface area contributed by atoms with E-state index in [0.717, 1.165) is 11.1 Å². The molecule has 160 valence electrons. The summed E-state index contributed by atoms with van der Waals surface area (Å²) in [5.41, 5.74) is 1.44. The van der Waals surface area contributed by atoms with Crippen LogP contribution in [0.5, 0.6) is 0 Å². The minimum Gasteiger partial charge on any atom is -0.208 e. The van der Waals surface area contributed by atoms with Crippen molar-refractivity contribution < 1.29 is 0 Å². The molecule has 1 heterocycles. The Morgan fingerprint density at radius 1 is 0.394 bits per heavy atom. The quantitative estimate of drug-likeness (QED) is 0.342. The molecule has 0 amide bonds. The average molecular weight is 484 g/mol. The van der Waals surface area contributed by atoms with E-state index in [1.807, 2.05) is 24.3 Å². The predicted octanol–water partition coefficient (Wildman–Crippen LogP) is 4.04. The molecule has 0 fully saturated rings. The van der Waals surface area contributed by atoms with Crippen molar-refractivity contribution in [1.29, 1.82) is 0 Å². The van der Waals surface area contributed by atoms with Gasteiger partial charge in [-0.1, -0.05) is 121 Å². The molecule has 0 aliphatic heterocycles. The number of halogens is 1. The molecular weight excluding hydrogens is 464 g/mol. The smallest absolute Gasteiger partial charge is 0.208 e. The first-order valence-corrected chi connectivity index (χ1v) is 13.6. The second kappa shape index (κ2) is 10.3. The van der Waals surface area contributed by atoms with Crippen LogP contribution in [0.3, 0.4) is 0 Å². The molecule has 0 radical (unpaired) electrons. The van der Waals surface area contributed by atoms with Gasteiger partial charge in [-0.05, 0) is 32.8 Å². The maximum absolute atomic E-state index is 6.55. The average Bonchev–Trinajstić information content (AvgIpc) is 2.87. The monoisotopic (exact) mass is 483 g/mol. The third-order valence-corrected chi connectivity index (χ3v) is 9.67. The Kier molecular flexibility index (Phi) is 6.84. The Balaban J connectivity index is 1.69. The predicted molar refractivity (Wildman–Crippen MR) is 142 cm³/mol. The summed E-state index contributed by atoms with van der Waals surface area (Å²) in [6.45, 7) is 0. The second-order valence-electron chi connectivity index (χ2n) is 7.22. The van der Waals surface area contributed by atoms with Crippen molar-refractivity contribution in [1.82, 2.24) is 15.0 Å². The van der Waals surface area contributed by atoms with Crippen LogP contribution in [0, 0.1) is 0 Å². The standard InChI is InChI=1S/C27H20ClN3P2/c28-25-29-26(32(21-13-5-1-6-14-21)22-15-7-2-8-16-22)31-27(30-25)33(23-17-9-3-10-18-23)24-19-11-4-12-20-24/h1-20H. The van der Waals surface area contributed by atoms with Crippen molar-refractivity contribution in [2.75, 3.05) is 0 Å². The lowest BCUT2D eigenvalue weighted by molar-refractivity contribution is 1.14. The summed E-state index contributed by atoms with van der Waals surface area (Å²) in [5, 5.41) is 4.94. The van der Waals surface area contributed by atoms with Gasteiger partial charge < -0.3 is 0 Å². The van der Waals surface area contributed by atoms with E-state index in [9.17, 15) is 0 Å². The SMILES string of the molecule is Clc1nc(P(c2ccccc2)c2ccccc2)nc(P(c2ccccc2)c2ccccc2)n1. The van der Waals surface area contributed by atoms with Crippen LogP contribution in [0.1, 0.15) is 0 Å². The van der Waals surface area contributed by atoms with Crippen LogP contribution in [-0.4, -0.2) is 15.0 Å². The number of nitrogens with zero attached hydrogens (tertiary/aromatic N) is 3. The van der Waals surface area contributed by atoms with Crippen molar-refractivity contribution in [2.24, 2.45) is 0 Å². The van der Waals surface area contributed by atoms with Gasteiger partial charge in [-0.25, -0.2) is 4.98 Å². The van der Waals surface area contributed by atoms with Gasteiger partial charge in [-0.15, -0.1) is 0 Å². The highest BCUT2D eigenvalue weighted by Crippen LogP contribution is 2.34. The van der Waals surface area contributed by atoms with Crippen molar-refractivity contribution in [2.45, 2.75) is 0 Å². The Bertz CT molecular complexity index is 1140. The number of rotatable bonds is 6. The molecular formula is C27H20ClN3P2. The Labute approximate surface area is 201 Å². The fourth-order valence-corrected chi connectivity index (χ4v) is 8.13. The van der Waals surface area contributed by atoms with E-state index in [-0.39, 0.29) is 5.28 Å². The molecule has 0 aliphatic carbocycles. The topological polar surface area (TPSA) is 38.7 Å². The first kappa shape index (κ1) is 21.9. The first-order valence-electron chi connectivity index (χ1n) is 10.5. The maximum Gasteiger partial charge on any atom is 0.226 e. The van der Waals surface area contributed by atoms with Crippen LogP contribution in [-0.2, 0) is 0 Å². The number of benzene rings is 4. The lowest BCUT2D eigenvalue weighted by Gasteiger charge is -2.21. The van der Waals surface area contributed by atoms with E-state index in [1.165, 1.54) is 21.2 Å². The van der Waals surface area contributed by atoms with Gasteiger partial charge in [0.2, 0.25) is 5.28 Å². The van der Waals surface area contributed by atoms with Gasteiger partial charge in [0, 0.05) is 15.8 Å². The summed E-state index contributed by atoms with van der Waals surface area (Å²) in [7, 11) is -1.95. The number of hydrogen-bond donors (Lipinski definition) is 0. The van der Waals surface area contributed by atoms with Gasteiger partial charge in [-0.3, -0.25) is 0 Å². The molecule has 33 heavy (non-hydrogen) atoms. The molecule has 5 rings (SSSR count). The molecule has 4 aromatic carbocycles. The summed E-state index contributed by atoms with van der Waals surface area (Å²) < 4.78 is 0. The summed E-state index contributed by atoms with van der Waals surface area (Å²) in [4.78, 5) is 14.4. The number of hydrogen-bond acceptors (Lipinski definition) is 3. The van der Waals surface area contributed by atoms with E-state index in [4.69, 9.17) is 16.6 Å². The summed E-state index contributed by atoms with van der Waals surface area (Å²) in [6.07, 6.45) is 0. The van der Waals surface area contributed by atoms with Gasteiger partial charge in [0.25, 0.3) is 0 Å². The van der Waals surface area contributed by atoms with Crippen LogP contribution < -0.4 is 32.3 Å². The van der Waals surface area contributed by atoms with Crippen LogP contribution in [0.15, 0.2) is 121 Å². The molecule has 0 N–H and O–H groups in total. The minimum atomic E-state index is -0.977. The highest BCUT2D eigenvalue weighted by molar-refractivity contribution is 7.80. The first-order chi connectivity index (χ1) is 16.3. The van der Waals surface area contributed by atoms with Crippen LogP contribution in [0.4, 0.5) is 0 Å². The van der Waals surface area contributed by atoms with E-state index in [1.54, 1.807) is 0 Å². The van der Waals surface area contributed by atoms with Crippen molar-refractivity contribution in [3.8, 4) is 0 Å². The zero-order valence-electron chi connectivity index (χ0n) is 17.7. The number of aromatic nitrogens is 3. The summed E-state index contributed by atoms with van der Waals surface area (Å²) >= 11 is 6.55. The fourth-order valence-electron chi connectivity index (χ4n) is 3.60. The third-order valence-electron chi connectivity index (χ3n) is 5.04. The van der Waals surface area contributed by atoms with E-state index < -0.39 is 15.8 Å². The van der Waals surface area contributed by atoms with E-state index >= 15 is 0 Å². The summed E-state index contributed by atoms with van der Waals surface area (Å²) in [6, 6.07) is 41.6. The summed E-state index contributed by atoms with van der Waals surface area (Å²) in [5.74, 6) is 0. The van der Waals surface area contributed by atoms with Crippen molar-refractivity contribution >= 4 is 59.8 Å². The highest BCUT2D eigenvalue weighted by Gasteiger charge is 2.25. The van der Waals surface area contributed by atoms with Gasteiger partial charge in [-0.2, -0.15) is 9.97 Å². The van der Waals surface area contributed by atoms with Gasteiger partial charge >= 0.3 is 0 Å². The van der Waals surface area contributed by atoms with E-state index in [0.29, 0.717) is 0 Å². The van der Waals surface area contributed by atoms with Gasteiger partial charge in [0.15, 0.2) is 11.1 Å². The van der Waals surface area contributed by atoms with Crippen molar-refractivity contribution in [3.05, 3.63) is 127 Å². The van der Waals surface area contributed by atoms with Crippen LogP contribution in [0.2, 0.25) is 5.28 Å². The fraction of sp³-hybridized carbons (Fsp3) is 0. The maximum atomic E-state index is 6.55. The van der Waals surface area contributed by atoms with Crippen LogP contribution in [0.25, 0.3) is 0 Å². The molecule has 6 heteroatoms. The Morgan fingerprint density at radius 2 is 0.667 bits per heavy atom.